The molecule has 120 valence electrons. The number of carbonyl (C=O) groups is 1. The lowest BCUT2D eigenvalue weighted by atomic mass is 10.2. The molecular weight excluding hydrogens is 306 g/mol. The van der Waals surface area contributed by atoms with Gasteiger partial charge in [0.05, 0.1) is 18.9 Å². The predicted molar refractivity (Wildman–Crippen MR) is 80.6 cm³/mol. The summed E-state index contributed by atoms with van der Waals surface area (Å²) in [5.74, 6) is -1.24. The van der Waals surface area contributed by atoms with Crippen LogP contribution in [0, 0.1) is 11.6 Å². The molecule has 0 aliphatic rings. The Morgan fingerprint density at radius 3 is 2.43 bits per heavy atom. The fourth-order valence-electron chi connectivity index (χ4n) is 1.72. The summed E-state index contributed by atoms with van der Waals surface area (Å²) in [5, 5.41) is 3.50. The fourth-order valence-corrected chi connectivity index (χ4v) is 1.72. The second kappa shape index (κ2) is 7.88. The summed E-state index contributed by atoms with van der Waals surface area (Å²) in [6.07, 6.45) is 0.895. The van der Waals surface area contributed by atoms with Crippen molar-refractivity contribution in [1.29, 1.82) is 0 Å². The molecule has 2 aromatic rings. The van der Waals surface area contributed by atoms with Gasteiger partial charge in [-0.05, 0) is 24.3 Å². The average Bonchev–Trinajstić information content (AvgIpc) is 2.56. The van der Waals surface area contributed by atoms with Crippen LogP contribution in [-0.4, -0.2) is 25.8 Å². The normalized spacial score (nSPS) is 10.6. The number of carbonyl (C=O) groups excluding carboxylic acids is 1. The second-order valence-corrected chi connectivity index (χ2v) is 4.37. The van der Waals surface area contributed by atoms with E-state index in [9.17, 15) is 13.6 Å². The maximum absolute atomic E-state index is 13.3. The van der Waals surface area contributed by atoms with Crippen molar-refractivity contribution in [3.8, 4) is 11.5 Å². The topological polar surface area (TPSA) is 59.9 Å². The van der Waals surface area contributed by atoms with E-state index in [1.165, 1.54) is 13.2 Å². The Kier molecular flexibility index (Phi) is 5.62. The molecule has 0 radical (unpaired) electrons. The number of rotatable bonds is 6. The first-order chi connectivity index (χ1) is 11.1. The SMILES string of the molecule is COc1ccccc1OCC(=O)N/N=C/c1c(F)cccc1F. The summed E-state index contributed by atoms with van der Waals surface area (Å²) in [4.78, 5) is 11.6. The van der Waals surface area contributed by atoms with E-state index in [1.807, 2.05) is 0 Å². The van der Waals surface area contributed by atoms with Crippen LogP contribution in [0.2, 0.25) is 0 Å². The molecule has 0 aliphatic carbocycles. The summed E-state index contributed by atoms with van der Waals surface area (Å²) in [7, 11) is 1.48. The first kappa shape index (κ1) is 16.4. The number of hydrogen-bond acceptors (Lipinski definition) is 4. The van der Waals surface area contributed by atoms with E-state index in [-0.39, 0.29) is 12.2 Å². The zero-order chi connectivity index (χ0) is 16.7. The third-order valence-corrected chi connectivity index (χ3v) is 2.81. The van der Waals surface area contributed by atoms with Crippen LogP contribution < -0.4 is 14.9 Å². The van der Waals surface area contributed by atoms with Gasteiger partial charge in [0.15, 0.2) is 18.1 Å². The van der Waals surface area contributed by atoms with Gasteiger partial charge in [0.1, 0.15) is 11.6 Å². The van der Waals surface area contributed by atoms with E-state index in [0.29, 0.717) is 11.5 Å². The van der Waals surface area contributed by atoms with Crippen LogP contribution in [0.3, 0.4) is 0 Å². The lowest BCUT2D eigenvalue weighted by molar-refractivity contribution is -0.123. The number of methoxy groups -OCH3 is 1. The lowest BCUT2D eigenvalue weighted by Crippen LogP contribution is -2.24. The highest BCUT2D eigenvalue weighted by atomic mass is 19.1. The van der Waals surface area contributed by atoms with Crippen molar-refractivity contribution in [3.05, 3.63) is 59.7 Å². The summed E-state index contributed by atoms with van der Waals surface area (Å²) < 4.78 is 37.0. The van der Waals surface area contributed by atoms with Gasteiger partial charge in [0.2, 0.25) is 0 Å². The Morgan fingerprint density at radius 2 is 1.78 bits per heavy atom. The molecule has 0 bridgehead atoms. The van der Waals surface area contributed by atoms with Crippen molar-refractivity contribution in [2.24, 2.45) is 5.10 Å². The molecule has 7 heteroatoms. The first-order valence-corrected chi connectivity index (χ1v) is 6.63. The maximum Gasteiger partial charge on any atom is 0.277 e. The Bertz CT molecular complexity index is 700. The molecule has 0 unspecified atom stereocenters. The maximum atomic E-state index is 13.3. The quantitative estimate of drug-likeness (QED) is 0.657. The second-order valence-electron chi connectivity index (χ2n) is 4.37. The number of benzene rings is 2. The third-order valence-electron chi connectivity index (χ3n) is 2.81. The van der Waals surface area contributed by atoms with E-state index in [0.717, 1.165) is 18.3 Å². The summed E-state index contributed by atoms with van der Waals surface area (Å²) in [6, 6.07) is 10.3. The molecule has 0 heterocycles. The van der Waals surface area contributed by atoms with Gasteiger partial charge in [-0.15, -0.1) is 0 Å². The largest absolute Gasteiger partial charge is 0.493 e. The molecule has 2 rings (SSSR count). The summed E-state index contributed by atoms with van der Waals surface area (Å²) in [6.45, 7) is -0.322. The highest BCUT2D eigenvalue weighted by Gasteiger charge is 2.07. The minimum absolute atomic E-state index is 0.322. The molecular formula is C16H14F2N2O3. The number of hydrogen-bond donors (Lipinski definition) is 1. The third kappa shape index (κ3) is 4.50. The zero-order valence-corrected chi connectivity index (χ0v) is 12.3. The Morgan fingerprint density at radius 1 is 1.13 bits per heavy atom. The van der Waals surface area contributed by atoms with Crippen molar-refractivity contribution in [2.45, 2.75) is 0 Å². The predicted octanol–water partition coefficient (Wildman–Crippen LogP) is 2.50. The van der Waals surface area contributed by atoms with Crippen LogP contribution in [-0.2, 0) is 4.79 Å². The molecule has 0 saturated heterocycles. The first-order valence-electron chi connectivity index (χ1n) is 6.63. The molecule has 0 atom stereocenters. The number of halogens is 2. The summed E-state index contributed by atoms with van der Waals surface area (Å²) >= 11 is 0. The number of amides is 1. The van der Waals surface area contributed by atoms with Gasteiger partial charge in [0, 0.05) is 0 Å². The Balaban J connectivity index is 1.89. The highest BCUT2D eigenvalue weighted by molar-refractivity contribution is 5.83. The monoisotopic (exact) mass is 320 g/mol. The van der Waals surface area contributed by atoms with Gasteiger partial charge in [0.25, 0.3) is 5.91 Å². The molecule has 0 fully saturated rings. The van der Waals surface area contributed by atoms with E-state index >= 15 is 0 Å². The van der Waals surface area contributed by atoms with Gasteiger partial charge in [-0.2, -0.15) is 5.10 Å². The Hall–Kier alpha value is -2.96. The van der Waals surface area contributed by atoms with E-state index in [2.05, 4.69) is 10.5 Å². The van der Waals surface area contributed by atoms with E-state index in [4.69, 9.17) is 9.47 Å². The van der Waals surface area contributed by atoms with Gasteiger partial charge < -0.3 is 9.47 Å². The van der Waals surface area contributed by atoms with E-state index in [1.54, 1.807) is 24.3 Å². The van der Waals surface area contributed by atoms with Crippen LogP contribution in [0.25, 0.3) is 0 Å². The molecule has 2 aromatic carbocycles. The van der Waals surface area contributed by atoms with Crippen LogP contribution in [0.1, 0.15) is 5.56 Å². The van der Waals surface area contributed by atoms with Gasteiger partial charge >= 0.3 is 0 Å². The smallest absolute Gasteiger partial charge is 0.277 e. The molecule has 23 heavy (non-hydrogen) atoms. The number of ether oxygens (including phenoxy) is 2. The molecule has 0 spiro atoms. The molecule has 0 saturated carbocycles. The van der Waals surface area contributed by atoms with Crippen molar-refractivity contribution in [1.82, 2.24) is 5.43 Å². The fraction of sp³-hybridized carbons (Fsp3) is 0.125. The van der Waals surface area contributed by atoms with Crippen molar-refractivity contribution >= 4 is 12.1 Å². The minimum Gasteiger partial charge on any atom is -0.493 e. The van der Waals surface area contributed by atoms with E-state index < -0.39 is 17.5 Å². The average molecular weight is 320 g/mol. The van der Waals surface area contributed by atoms with Gasteiger partial charge in [-0.3, -0.25) is 4.79 Å². The summed E-state index contributed by atoms with van der Waals surface area (Å²) in [5.41, 5.74) is 1.79. The van der Waals surface area contributed by atoms with Crippen molar-refractivity contribution in [2.75, 3.05) is 13.7 Å². The standard InChI is InChI=1S/C16H14F2N2O3/c1-22-14-7-2-3-8-15(14)23-10-16(21)20-19-9-11-12(17)5-4-6-13(11)18/h2-9H,10H2,1H3,(H,20,21)/b19-9+. The molecule has 1 amide bonds. The number of para-hydroxylation sites is 2. The number of hydrazone groups is 1. The zero-order valence-electron chi connectivity index (χ0n) is 12.3. The van der Waals surface area contributed by atoms with Gasteiger partial charge in [-0.25, -0.2) is 14.2 Å². The molecule has 1 N–H and O–H groups in total. The van der Waals surface area contributed by atoms with Crippen LogP contribution in [0.4, 0.5) is 8.78 Å². The molecule has 5 nitrogen and oxygen atoms in total. The Labute approximate surface area is 131 Å². The minimum atomic E-state index is -0.770. The van der Waals surface area contributed by atoms with Crippen molar-refractivity contribution in [3.63, 3.8) is 0 Å². The lowest BCUT2D eigenvalue weighted by Gasteiger charge is -2.09. The van der Waals surface area contributed by atoms with Gasteiger partial charge in [-0.1, -0.05) is 18.2 Å². The van der Waals surface area contributed by atoms with Crippen LogP contribution in [0.15, 0.2) is 47.6 Å². The van der Waals surface area contributed by atoms with Crippen molar-refractivity contribution < 1.29 is 23.0 Å². The number of nitrogens with one attached hydrogen (secondary N) is 1. The van der Waals surface area contributed by atoms with Crippen LogP contribution in [0.5, 0.6) is 11.5 Å². The van der Waals surface area contributed by atoms with Crippen LogP contribution >= 0.6 is 0 Å². The highest BCUT2D eigenvalue weighted by Crippen LogP contribution is 2.25. The molecule has 0 aromatic heterocycles. The number of nitrogens with zero attached hydrogens (tertiary/aromatic N) is 1. The molecule has 0 aliphatic heterocycles.